The van der Waals surface area contributed by atoms with Gasteiger partial charge in [-0.2, -0.15) is 0 Å². The number of nitrogens with zero attached hydrogens (tertiary/aromatic N) is 1. The molecule has 0 radical (unpaired) electrons. The number of hydrogen-bond donors (Lipinski definition) is 1. The molecule has 0 unspecified atom stereocenters. The Morgan fingerprint density at radius 1 is 1.40 bits per heavy atom. The van der Waals surface area contributed by atoms with E-state index in [4.69, 9.17) is 9.15 Å². The summed E-state index contributed by atoms with van der Waals surface area (Å²) in [7, 11) is 1.56. The van der Waals surface area contributed by atoms with Crippen LogP contribution in [0.2, 0.25) is 0 Å². The van der Waals surface area contributed by atoms with Crippen LogP contribution in [0.15, 0.2) is 41.0 Å². The van der Waals surface area contributed by atoms with Crippen molar-refractivity contribution in [2.24, 2.45) is 0 Å². The molecule has 0 aliphatic carbocycles. The van der Waals surface area contributed by atoms with Gasteiger partial charge in [0.05, 0.1) is 7.11 Å². The monoisotopic (exact) mass is 272 g/mol. The van der Waals surface area contributed by atoms with Gasteiger partial charge >= 0.3 is 0 Å². The van der Waals surface area contributed by atoms with Gasteiger partial charge in [-0.3, -0.25) is 4.79 Å². The number of methoxy groups -OCH3 is 1. The number of ether oxygens (including phenoxy) is 1. The van der Waals surface area contributed by atoms with Crippen molar-refractivity contribution in [3.05, 3.63) is 53.6 Å². The first-order valence-electron chi connectivity index (χ1n) is 6.18. The van der Waals surface area contributed by atoms with Crippen LogP contribution in [0.5, 0.6) is 5.88 Å². The van der Waals surface area contributed by atoms with Gasteiger partial charge in [-0.15, -0.1) is 0 Å². The Morgan fingerprint density at radius 3 is 2.85 bits per heavy atom. The van der Waals surface area contributed by atoms with E-state index in [1.54, 1.807) is 25.4 Å². The van der Waals surface area contributed by atoms with Gasteiger partial charge in [-0.1, -0.05) is 6.07 Å². The lowest BCUT2D eigenvalue weighted by Crippen LogP contribution is -2.20. The van der Waals surface area contributed by atoms with Crippen LogP contribution in [-0.4, -0.2) is 18.0 Å². The highest BCUT2D eigenvalue weighted by Gasteiger charge is 1.99. The van der Waals surface area contributed by atoms with E-state index in [0.29, 0.717) is 18.2 Å². The van der Waals surface area contributed by atoms with E-state index in [1.807, 2.05) is 25.1 Å². The number of amides is 1. The van der Waals surface area contributed by atoms with Crippen molar-refractivity contribution in [3.63, 3.8) is 0 Å². The summed E-state index contributed by atoms with van der Waals surface area (Å²) in [5.41, 5.74) is 0.904. The maximum atomic E-state index is 11.6. The molecule has 1 N–H and O–H groups in total. The molecule has 0 aromatic carbocycles. The van der Waals surface area contributed by atoms with Crippen molar-refractivity contribution in [2.75, 3.05) is 7.11 Å². The second kappa shape index (κ2) is 6.56. The molecule has 2 rings (SSSR count). The molecule has 20 heavy (non-hydrogen) atoms. The van der Waals surface area contributed by atoms with E-state index in [0.717, 1.165) is 11.3 Å². The summed E-state index contributed by atoms with van der Waals surface area (Å²) >= 11 is 0. The number of furan rings is 1. The van der Waals surface area contributed by atoms with Gasteiger partial charge in [0.15, 0.2) is 0 Å². The minimum atomic E-state index is -0.185. The lowest BCUT2D eigenvalue weighted by atomic mass is 10.3. The Hall–Kier alpha value is -2.56. The Morgan fingerprint density at radius 2 is 2.25 bits per heavy atom. The third-order valence-corrected chi connectivity index (χ3v) is 2.63. The van der Waals surface area contributed by atoms with Crippen LogP contribution in [0.4, 0.5) is 0 Å². The largest absolute Gasteiger partial charge is 0.481 e. The van der Waals surface area contributed by atoms with Crippen LogP contribution in [0.3, 0.4) is 0 Å². The molecule has 104 valence electrons. The Kier molecular flexibility index (Phi) is 4.55. The molecule has 0 aliphatic heterocycles. The summed E-state index contributed by atoms with van der Waals surface area (Å²) in [4.78, 5) is 15.7. The van der Waals surface area contributed by atoms with Crippen LogP contribution in [0, 0.1) is 6.92 Å². The molecule has 0 spiro atoms. The number of pyridine rings is 1. The molecule has 0 atom stereocenters. The molecule has 2 aromatic heterocycles. The van der Waals surface area contributed by atoms with Crippen molar-refractivity contribution in [1.82, 2.24) is 10.3 Å². The van der Waals surface area contributed by atoms with Crippen molar-refractivity contribution in [3.8, 4) is 5.88 Å². The first-order valence-corrected chi connectivity index (χ1v) is 6.18. The summed E-state index contributed by atoms with van der Waals surface area (Å²) in [5, 5.41) is 2.77. The van der Waals surface area contributed by atoms with E-state index in [9.17, 15) is 4.79 Å². The second-order valence-corrected chi connectivity index (χ2v) is 4.21. The molecular formula is C15H16N2O3. The summed E-state index contributed by atoms with van der Waals surface area (Å²) in [6.07, 6.45) is 4.74. The molecule has 0 fully saturated rings. The fraction of sp³-hybridized carbons (Fsp3) is 0.200. The lowest BCUT2D eigenvalue weighted by Gasteiger charge is -2.03. The van der Waals surface area contributed by atoms with Crippen LogP contribution >= 0.6 is 0 Å². The van der Waals surface area contributed by atoms with Gasteiger partial charge in [0.2, 0.25) is 11.8 Å². The SMILES string of the molecule is COc1ccc(CNC(=O)/C=C/c2ccc(C)o2)cn1. The summed E-state index contributed by atoms with van der Waals surface area (Å²) in [5.74, 6) is 1.83. The van der Waals surface area contributed by atoms with E-state index >= 15 is 0 Å². The summed E-state index contributed by atoms with van der Waals surface area (Å²) < 4.78 is 10.3. The van der Waals surface area contributed by atoms with Gasteiger partial charge in [0.1, 0.15) is 11.5 Å². The average Bonchev–Trinajstić information content (AvgIpc) is 2.89. The summed E-state index contributed by atoms with van der Waals surface area (Å²) in [6, 6.07) is 7.27. The topological polar surface area (TPSA) is 64.4 Å². The van der Waals surface area contributed by atoms with E-state index in [2.05, 4.69) is 10.3 Å². The molecule has 0 saturated carbocycles. The Labute approximate surface area is 117 Å². The molecule has 2 heterocycles. The number of rotatable bonds is 5. The number of carbonyl (C=O) groups excluding carboxylic acids is 1. The average molecular weight is 272 g/mol. The predicted octanol–water partition coefficient (Wildman–Crippen LogP) is 2.32. The zero-order chi connectivity index (χ0) is 14.4. The minimum Gasteiger partial charge on any atom is -0.481 e. The van der Waals surface area contributed by atoms with E-state index in [1.165, 1.54) is 6.08 Å². The summed E-state index contributed by atoms with van der Waals surface area (Å²) in [6.45, 7) is 2.27. The predicted molar refractivity (Wildman–Crippen MR) is 75.1 cm³/mol. The van der Waals surface area contributed by atoms with Crippen molar-refractivity contribution in [1.29, 1.82) is 0 Å². The third-order valence-electron chi connectivity index (χ3n) is 2.63. The van der Waals surface area contributed by atoms with Crippen LogP contribution in [0.25, 0.3) is 6.08 Å². The number of nitrogens with one attached hydrogen (secondary N) is 1. The maximum absolute atomic E-state index is 11.6. The highest BCUT2D eigenvalue weighted by atomic mass is 16.5. The molecule has 0 bridgehead atoms. The molecule has 5 nitrogen and oxygen atoms in total. The third kappa shape index (κ3) is 3.98. The van der Waals surface area contributed by atoms with Gasteiger partial charge in [0.25, 0.3) is 0 Å². The zero-order valence-corrected chi connectivity index (χ0v) is 11.4. The van der Waals surface area contributed by atoms with Gasteiger partial charge in [-0.25, -0.2) is 4.98 Å². The van der Waals surface area contributed by atoms with Gasteiger partial charge < -0.3 is 14.5 Å². The zero-order valence-electron chi connectivity index (χ0n) is 11.4. The molecule has 0 aliphatic rings. The standard InChI is InChI=1S/C15H16N2O3/c1-11-3-5-13(20-11)6-7-14(18)16-9-12-4-8-15(19-2)17-10-12/h3-8,10H,9H2,1-2H3,(H,16,18)/b7-6+. The number of carbonyl (C=O) groups is 1. The van der Waals surface area contributed by atoms with E-state index in [-0.39, 0.29) is 5.91 Å². The quantitative estimate of drug-likeness (QED) is 0.848. The van der Waals surface area contributed by atoms with Crippen LogP contribution in [0.1, 0.15) is 17.1 Å². The molecule has 5 heteroatoms. The number of aryl methyl sites for hydroxylation is 1. The first kappa shape index (κ1) is 13.9. The van der Waals surface area contributed by atoms with Crippen LogP contribution < -0.4 is 10.1 Å². The fourth-order valence-electron chi connectivity index (χ4n) is 1.59. The number of aromatic nitrogens is 1. The van der Waals surface area contributed by atoms with Gasteiger partial charge in [0, 0.05) is 24.9 Å². The molecule has 0 saturated heterocycles. The highest BCUT2D eigenvalue weighted by molar-refractivity contribution is 5.91. The lowest BCUT2D eigenvalue weighted by molar-refractivity contribution is -0.116. The fourth-order valence-corrected chi connectivity index (χ4v) is 1.59. The highest BCUT2D eigenvalue weighted by Crippen LogP contribution is 2.08. The van der Waals surface area contributed by atoms with Crippen LogP contribution in [-0.2, 0) is 11.3 Å². The second-order valence-electron chi connectivity index (χ2n) is 4.21. The van der Waals surface area contributed by atoms with Crippen molar-refractivity contribution >= 4 is 12.0 Å². The maximum Gasteiger partial charge on any atom is 0.244 e. The Balaban J connectivity index is 1.83. The van der Waals surface area contributed by atoms with Crippen molar-refractivity contribution < 1.29 is 13.9 Å². The minimum absolute atomic E-state index is 0.185. The normalized spacial score (nSPS) is 10.7. The first-order chi connectivity index (χ1) is 9.67. The number of hydrogen-bond acceptors (Lipinski definition) is 4. The molecule has 2 aromatic rings. The molecular weight excluding hydrogens is 256 g/mol. The Bertz CT molecular complexity index is 600. The van der Waals surface area contributed by atoms with E-state index < -0.39 is 0 Å². The van der Waals surface area contributed by atoms with Crippen molar-refractivity contribution in [2.45, 2.75) is 13.5 Å². The molecule has 1 amide bonds. The van der Waals surface area contributed by atoms with Gasteiger partial charge in [-0.05, 0) is 30.7 Å². The smallest absolute Gasteiger partial charge is 0.244 e.